The van der Waals surface area contributed by atoms with Crippen molar-refractivity contribution in [1.29, 1.82) is 0 Å². The Hall–Kier alpha value is -7.02. The third-order valence-electron chi connectivity index (χ3n) is 12.4. The van der Waals surface area contributed by atoms with E-state index in [9.17, 15) is 0 Å². The van der Waals surface area contributed by atoms with Gasteiger partial charge in [0.05, 0.1) is 22.1 Å². The topological polar surface area (TPSA) is 44.9 Å². The van der Waals surface area contributed by atoms with Crippen LogP contribution in [0.3, 0.4) is 0 Å². The van der Waals surface area contributed by atoms with Gasteiger partial charge in [-0.2, -0.15) is 0 Å². The van der Waals surface area contributed by atoms with Crippen molar-refractivity contribution >= 4 is 61.7 Å². The van der Waals surface area contributed by atoms with Crippen LogP contribution in [0.2, 0.25) is 0 Å². The van der Waals surface area contributed by atoms with Gasteiger partial charge in [-0.15, -0.1) is 0 Å². The molecule has 5 nitrogen and oxygen atoms in total. The third kappa shape index (κ3) is 5.01. The molecule has 278 valence electrons. The molecule has 1 aliphatic rings. The summed E-state index contributed by atoms with van der Waals surface area (Å²) in [5.74, 6) is 3.65. The van der Waals surface area contributed by atoms with E-state index in [2.05, 4.69) is 206 Å². The minimum absolute atomic E-state index is 0.262. The molecule has 0 bridgehead atoms. The van der Waals surface area contributed by atoms with Gasteiger partial charge < -0.3 is 9.30 Å². The normalized spacial score (nSPS) is 13.4. The van der Waals surface area contributed by atoms with Crippen LogP contribution in [0.25, 0.3) is 50.0 Å². The molecule has 4 heterocycles. The number of aryl methyl sites for hydroxylation is 1. The summed E-state index contributed by atoms with van der Waals surface area (Å²) in [6, 6.07) is 66.2. The predicted octanol–water partition coefficient (Wildman–Crippen LogP) is 9.54. The van der Waals surface area contributed by atoms with Crippen molar-refractivity contribution in [2.24, 2.45) is 7.05 Å². The highest BCUT2D eigenvalue weighted by molar-refractivity contribution is 7.20. The number of nitrogens with zero attached hydrogens (tertiary/aromatic N) is 4. The molecule has 11 rings (SSSR count). The molecule has 0 fully saturated rings. The zero-order valence-electron chi connectivity index (χ0n) is 32.6. The first-order chi connectivity index (χ1) is 28.4. The lowest BCUT2D eigenvalue weighted by Gasteiger charge is -2.34. The van der Waals surface area contributed by atoms with Crippen molar-refractivity contribution in [1.82, 2.24) is 19.1 Å². The molecule has 0 radical (unpaired) electrons. The number of hydrogen-bond donors (Lipinski definition) is 0. The first-order valence-corrected chi connectivity index (χ1v) is 21.9. The van der Waals surface area contributed by atoms with Crippen LogP contribution in [0.5, 0.6) is 11.5 Å². The Morgan fingerprint density at radius 3 is 1.95 bits per heavy atom. The molecule has 0 spiro atoms. The van der Waals surface area contributed by atoms with Crippen molar-refractivity contribution in [3.05, 3.63) is 199 Å². The zero-order valence-corrected chi connectivity index (χ0v) is 33.6. The molecule has 6 heteroatoms. The maximum Gasteiger partial charge on any atom is 0.179 e. The van der Waals surface area contributed by atoms with Gasteiger partial charge in [-0.25, -0.2) is 9.97 Å². The molecule has 3 aromatic heterocycles. The third-order valence-corrected chi connectivity index (χ3v) is 17.1. The number of imidazole rings is 1. The fourth-order valence-electron chi connectivity index (χ4n) is 9.59. The Kier molecular flexibility index (Phi) is 7.68. The lowest BCUT2D eigenvalue weighted by Crippen LogP contribution is -2.74. The van der Waals surface area contributed by atoms with E-state index < -0.39 is 8.07 Å². The maximum absolute atomic E-state index is 6.69. The fraction of sp³-hybridized carbons (Fsp3) is 0.0769. The average molecular weight is 765 g/mol. The van der Waals surface area contributed by atoms with Gasteiger partial charge in [0.1, 0.15) is 23.1 Å². The smallest absolute Gasteiger partial charge is 0.179 e. The van der Waals surface area contributed by atoms with Crippen LogP contribution in [0.4, 0.5) is 0 Å². The van der Waals surface area contributed by atoms with E-state index in [1.54, 1.807) is 0 Å². The van der Waals surface area contributed by atoms with E-state index in [4.69, 9.17) is 14.7 Å². The fourth-order valence-corrected chi connectivity index (χ4v) is 14.4. The molecular weight excluding hydrogens is 725 g/mol. The van der Waals surface area contributed by atoms with Crippen LogP contribution in [0.1, 0.15) is 25.0 Å². The average Bonchev–Trinajstić information content (AvgIpc) is 3.78. The number of fused-ring (bicyclic) bond motifs is 6. The molecule has 1 aliphatic heterocycles. The molecule has 0 atom stereocenters. The summed E-state index contributed by atoms with van der Waals surface area (Å²) < 4.78 is 11.3. The second kappa shape index (κ2) is 13.0. The summed E-state index contributed by atoms with van der Waals surface area (Å²) in [4.78, 5) is 10.1. The highest BCUT2D eigenvalue weighted by Crippen LogP contribution is 2.50. The van der Waals surface area contributed by atoms with Gasteiger partial charge in [0.25, 0.3) is 0 Å². The van der Waals surface area contributed by atoms with Gasteiger partial charge in [0, 0.05) is 46.1 Å². The van der Waals surface area contributed by atoms with Crippen LogP contribution in [-0.4, -0.2) is 27.2 Å². The number of rotatable bonds is 6. The first-order valence-electron chi connectivity index (χ1n) is 19.9. The molecule has 0 saturated carbocycles. The van der Waals surface area contributed by atoms with E-state index in [0.717, 1.165) is 67.1 Å². The van der Waals surface area contributed by atoms with Gasteiger partial charge in [-0.3, -0.25) is 4.57 Å². The quantitative estimate of drug-likeness (QED) is 0.125. The highest BCUT2D eigenvalue weighted by atomic mass is 28.3. The Labute approximate surface area is 338 Å². The van der Waals surface area contributed by atoms with Crippen molar-refractivity contribution < 1.29 is 4.74 Å². The Balaban J connectivity index is 1.22. The maximum atomic E-state index is 6.69. The lowest BCUT2D eigenvalue weighted by molar-refractivity contribution is 0.419. The number of para-hydroxylation sites is 3. The van der Waals surface area contributed by atoms with Gasteiger partial charge in [0.2, 0.25) is 0 Å². The largest absolute Gasteiger partial charge is 0.457 e. The summed E-state index contributed by atoms with van der Waals surface area (Å²) in [6.45, 7) is 4.60. The van der Waals surface area contributed by atoms with E-state index in [0.29, 0.717) is 0 Å². The minimum Gasteiger partial charge on any atom is -0.457 e. The minimum atomic E-state index is -3.00. The summed E-state index contributed by atoms with van der Waals surface area (Å²) >= 11 is 0. The molecular formula is C52H40N4OSi. The van der Waals surface area contributed by atoms with Crippen LogP contribution in [0.15, 0.2) is 188 Å². The molecule has 58 heavy (non-hydrogen) atoms. The number of hydrogen-bond acceptors (Lipinski definition) is 3. The Morgan fingerprint density at radius 2 is 1.19 bits per heavy atom. The van der Waals surface area contributed by atoms with Crippen LogP contribution >= 0.6 is 0 Å². The van der Waals surface area contributed by atoms with E-state index >= 15 is 0 Å². The van der Waals surface area contributed by atoms with E-state index in [1.165, 1.54) is 26.3 Å². The summed E-state index contributed by atoms with van der Waals surface area (Å²) in [5.41, 5.74) is 7.51. The Morgan fingerprint density at radius 1 is 0.517 bits per heavy atom. The monoisotopic (exact) mass is 764 g/mol. The summed E-state index contributed by atoms with van der Waals surface area (Å²) in [5, 5.41) is 7.49. The molecule has 0 amide bonds. The van der Waals surface area contributed by atoms with E-state index in [1.807, 2.05) is 12.3 Å². The summed E-state index contributed by atoms with van der Waals surface area (Å²) in [6.07, 6.45) is 1.89. The van der Waals surface area contributed by atoms with Crippen molar-refractivity contribution in [2.75, 3.05) is 0 Å². The number of ether oxygens (including phenoxy) is 1. The highest BCUT2D eigenvalue weighted by Gasteiger charge is 2.42. The van der Waals surface area contributed by atoms with Crippen LogP contribution in [0, 0.1) is 0 Å². The molecule has 10 aromatic rings. The molecule has 0 aliphatic carbocycles. The lowest BCUT2D eigenvalue weighted by atomic mass is 9.75. The second-order valence-electron chi connectivity index (χ2n) is 15.9. The van der Waals surface area contributed by atoms with Crippen LogP contribution < -0.4 is 25.5 Å². The number of aromatic nitrogens is 4. The first kappa shape index (κ1) is 34.2. The predicted molar refractivity (Wildman–Crippen MR) is 241 cm³/mol. The number of pyridine rings is 1. The molecule has 0 unspecified atom stereocenters. The molecule has 0 saturated heterocycles. The van der Waals surface area contributed by atoms with Gasteiger partial charge in [-0.1, -0.05) is 147 Å². The molecule has 0 N–H and O–H groups in total. The standard InChI is InChI=1S/C52H40N4OSi/c1-52(2)42-23-10-13-26-48(42)57-49-33-41-40-29-28-39(32-46(40)56(47(41)34-43(49)52)50-27-14-15-30-53-50)58(36-18-6-4-7-19-36,37-20-8-5-9-21-37)38-22-16-17-35(31-38)51-54-44-24-11-12-25-45(44)55(51)3/h4-34H,1-3H3. The van der Waals surface area contributed by atoms with Crippen LogP contribution in [-0.2, 0) is 12.5 Å². The van der Waals surface area contributed by atoms with Gasteiger partial charge >= 0.3 is 0 Å². The van der Waals surface area contributed by atoms with Crippen molar-refractivity contribution in [2.45, 2.75) is 19.3 Å². The molecule has 7 aromatic carbocycles. The van der Waals surface area contributed by atoms with E-state index in [-0.39, 0.29) is 5.41 Å². The van der Waals surface area contributed by atoms with Gasteiger partial charge in [-0.05, 0) is 69.3 Å². The second-order valence-corrected chi connectivity index (χ2v) is 19.7. The van der Waals surface area contributed by atoms with Gasteiger partial charge in [0.15, 0.2) is 8.07 Å². The van der Waals surface area contributed by atoms with Crippen molar-refractivity contribution in [3.8, 4) is 28.7 Å². The summed E-state index contributed by atoms with van der Waals surface area (Å²) in [7, 11) is -0.883. The zero-order chi connectivity index (χ0) is 39.0. The SMILES string of the molecule is Cn1c(-c2cccc([Si](c3ccccc3)(c3ccccc3)c3ccc4c5cc6c(cc5n(-c5ccccn5)c4c3)C(C)(C)c3ccccc3O6)c2)nc2ccccc21. The number of benzene rings is 7. The van der Waals surface area contributed by atoms with Crippen molar-refractivity contribution in [3.63, 3.8) is 0 Å². The Bertz CT molecular complexity index is 3150.